The number of hydrogen-bond donors (Lipinski definition) is 0. The lowest BCUT2D eigenvalue weighted by Gasteiger charge is -2.32. The summed E-state index contributed by atoms with van der Waals surface area (Å²) in [6.07, 6.45) is 10.3. The summed E-state index contributed by atoms with van der Waals surface area (Å²) in [4.78, 5) is 21.6. The van der Waals surface area contributed by atoms with Gasteiger partial charge in [0, 0.05) is 43.3 Å². The maximum absolute atomic E-state index is 12.8. The number of carbonyl (C=O) groups excluding carboxylic acids is 1. The quantitative estimate of drug-likeness (QED) is 0.568. The summed E-state index contributed by atoms with van der Waals surface area (Å²) in [5.41, 5.74) is 2.42. The van der Waals surface area contributed by atoms with E-state index < -0.39 is 0 Å². The molecule has 158 valence electrons. The largest absolute Gasteiger partial charge is 0.339 e. The van der Waals surface area contributed by atoms with Crippen molar-refractivity contribution in [2.75, 3.05) is 27.2 Å². The van der Waals surface area contributed by atoms with E-state index in [0.717, 1.165) is 22.8 Å². The molecule has 1 aliphatic carbocycles. The van der Waals surface area contributed by atoms with Crippen LogP contribution in [0.5, 0.6) is 0 Å². The third-order valence-electron chi connectivity index (χ3n) is 5.91. The average molecular weight is 424 g/mol. The summed E-state index contributed by atoms with van der Waals surface area (Å²) < 4.78 is 1.82. The number of benzene rings is 1. The predicted octanol–water partition coefficient (Wildman–Crippen LogP) is 4.33. The maximum atomic E-state index is 12.8. The van der Waals surface area contributed by atoms with Gasteiger partial charge in [0.05, 0.1) is 11.9 Å². The minimum atomic E-state index is -0.0232. The number of likely N-dealkylation sites (N-methyl/N-ethyl adjacent to an activating group) is 2. The number of carbonyl (C=O) groups is 1. The third-order valence-corrected chi connectivity index (χ3v) is 6.80. The molecule has 0 atom stereocenters. The van der Waals surface area contributed by atoms with Crippen molar-refractivity contribution in [2.24, 2.45) is 0 Å². The van der Waals surface area contributed by atoms with Gasteiger partial charge in [-0.25, -0.2) is 9.67 Å². The molecule has 0 bridgehead atoms. The number of para-hydroxylation sites is 1. The highest BCUT2D eigenvalue weighted by Crippen LogP contribution is 2.25. The fraction of sp³-hybridized carbons (Fsp3) is 0.435. The summed E-state index contributed by atoms with van der Waals surface area (Å²) in [7, 11) is 4.04. The number of nitrogens with zero attached hydrogens (tertiary/aromatic N) is 5. The fourth-order valence-corrected chi connectivity index (χ4v) is 4.74. The molecule has 6 nitrogen and oxygen atoms in total. The van der Waals surface area contributed by atoms with Crippen LogP contribution in [0.15, 0.2) is 48.1 Å². The Morgan fingerprint density at radius 3 is 2.67 bits per heavy atom. The van der Waals surface area contributed by atoms with E-state index in [4.69, 9.17) is 0 Å². The van der Waals surface area contributed by atoms with Crippen LogP contribution < -0.4 is 0 Å². The summed E-state index contributed by atoms with van der Waals surface area (Å²) in [5, 5.41) is 7.09. The zero-order valence-electron chi connectivity index (χ0n) is 17.7. The third kappa shape index (κ3) is 4.79. The first-order chi connectivity index (χ1) is 14.6. The highest BCUT2D eigenvalue weighted by Gasteiger charge is 2.20. The fourth-order valence-electron chi connectivity index (χ4n) is 3.97. The van der Waals surface area contributed by atoms with Crippen LogP contribution in [0.25, 0.3) is 16.3 Å². The Morgan fingerprint density at radius 1 is 1.13 bits per heavy atom. The van der Waals surface area contributed by atoms with Crippen LogP contribution in [0.3, 0.4) is 0 Å². The summed E-state index contributed by atoms with van der Waals surface area (Å²) >= 11 is 1.48. The molecule has 1 fully saturated rings. The topological polar surface area (TPSA) is 54.3 Å². The lowest BCUT2D eigenvalue weighted by molar-refractivity contribution is 0.0762. The summed E-state index contributed by atoms with van der Waals surface area (Å²) in [6, 6.07) is 10.6. The van der Waals surface area contributed by atoms with Crippen LogP contribution in [0.4, 0.5) is 0 Å². The van der Waals surface area contributed by atoms with E-state index in [9.17, 15) is 4.79 Å². The second-order valence-electron chi connectivity index (χ2n) is 8.05. The van der Waals surface area contributed by atoms with Crippen molar-refractivity contribution < 1.29 is 4.79 Å². The number of rotatable bonds is 7. The van der Waals surface area contributed by atoms with E-state index in [-0.39, 0.29) is 5.91 Å². The SMILES string of the molecule is CN(CCN(C)C1CCCCC1)C(=O)c1csc(-c2cnn(-c3ccccc3)c2)n1. The molecule has 7 heteroatoms. The van der Waals surface area contributed by atoms with Crippen LogP contribution >= 0.6 is 11.3 Å². The lowest BCUT2D eigenvalue weighted by Crippen LogP contribution is -2.40. The van der Waals surface area contributed by atoms with Gasteiger partial charge in [0.15, 0.2) is 0 Å². The van der Waals surface area contributed by atoms with Gasteiger partial charge in [0.25, 0.3) is 5.91 Å². The van der Waals surface area contributed by atoms with Crippen molar-refractivity contribution in [3.63, 3.8) is 0 Å². The maximum Gasteiger partial charge on any atom is 0.273 e. The van der Waals surface area contributed by atoms with Gasteiger partial charge < -0.3 is 9.80 Å². The standard InChI is InChI=1S/C23H29N5OS/c1-26(19-9-5-3-6-10-19)13-14-27(2)23(29)21-17-30-22(25-21)18-15-24-28(16-18)20-11-7-4-8-12-20/h4,7-8,11-12,15-17,19H,3,5-6,9-10,13-14H2,1-2H3. The van der Waals surface area contributed by atoms with Crippen molar-refractivity contribution >= 4 is 17.2 Å². The number of amides is 1. The molecule has 0 N–H and O–H groups in total. The molecule has 0 saturated heterocycles. The first-order valence-electron chi connectivity index (χ1n) is 10.6. The van der Waals surface area contributed by atoms with Crippen molar-refractivity contribution in [3.8, 4) is 16.3 Å². The zero-order chi connectivity index (χ0) is 20.9. The second-order valence-corrected chi connectivity index (χ2v) is 8.90. The first kappa shape index (κ1) is 20.8. The molecule has 0 unspecified atom stereocenters. The zero-order valence-corrected chi connectivity index (χ0v) is 18.5. The summed E-state index contributed by atoms with van der Waals surface area (Å²) in [6.45, 7) is 1.61. The van der Waals surface area contributed by atoms with Gasteiger partial charge in [-0.15, -0.1) is 11.3 Å². The van der Waals surface area contributed by atoms with E-state index in [0.29, 0.717) is 18.3 Å². The first-order valence-corrected chi connectivity index (χ1v) is 11.5. The Hall–Kier alpha value is -2.51. The van der Waals surface area contributed by atoms with Crippen molar-refractivity contribution in [1.82, 2.24) is 24.6 Å². The molecule has 2 aromatic heterocycles. The van der Waals surface area contributed by atoms with E-state index in [2.05, 4.69) is 22.0 Å². The molecule has 0 aliphatic heterocycles. The van der Waals surface area contributed by atoms with Gasteiger partial charge in [-0.1, -0.05) is 37.5 Å². The van der Waals surface area contributed by atoms with Crippen molar-refractivity contribution in [3.05, 3.63) is 53.8 Å². The molecular formula is C23H29N5OS. The minimum absolute atomic E-state index is 0.0232. The number of aromatic nitrogens is 3. The normalized spacial score (nSPS) is 14.9. The predicted molar refractivity (Wildman–Crippen MR) is 121 cm³/mol. The molecule has 1 amide bonds. The molecule has 0 radical (unpaired) electrons. The van der Waals surface area contributed by atoms with Gasteiger partial charge in [-0.2, -0.15) is 5.10 Å². The Labute approximate surface area is 182 Å². The van der Waals surface area contributed by atoms with Crippen LogP contribution in [0, 0.1) is 0 Å². The average Bonchev–Trinajstić information content (AvgIpc) is 3.48. The lowest BCUT2D eigenvalue weighted by atomic mass is 9.94. The molecule has 30 heavy (non-hydrogen) atoms. The van der Waals surface area contributed by atoms with Gasteiger partial charge in [0.1, 0.15) is 10.7 Å². The van der Waals surface area contributed by atoms with Crippen LogP contribution in [0.1, 0.15) is 42.6 Å². The molecule has 2 heterocycles. The number of thiazole rings is 1. The van der Waals surface area contributed by atoms with E-state index in [1.807, 2.05) is 53.6 Å². The van der Waals surface area contributed by atoms with E-state index in [1.54, 1.807) is 11.1 Å². The molecule has 0 spiro atoms. The summed E-state index contributed by atoms with van der Waals surface area (Å²) in [5.74, 6) is -0.0232. The van der Waals surface area contributed by atoms with Crippen molar-refractivity contribution in [2.45, 2.75) is 38.1 Å². The van der Waals surface area contributed by atoms with E-state index in [1.165, 1.54) is 43.4 Å². The van der Waals surface area contributed by atoms with Gasteiger partial charge in [0.2, 0.25) is 0 Å². The van der Waals surface area contributed by atoms with Gasteiger partial charge >= 0.3 is 0 Å². The smallest absolute Gasteiger partial charge is 0.273 e. The van der Waals surface area contributed by atoms with Crippen LogP contribution in [-0.4, -0.2) is 63.7 Å². The molecule has 1 aromatic carbocycles. The van der Waals surface area contributed by atoms with Crippen LogP contribution in [-0.2, 0) is 0 Å². The Morgan fingerprint density at radius 2 is 1.90 bits per heavy atom. The minimum Gasteiger partial charge on any atom is -0.339 e. The van der Waals surface area contributed by atoms with Crippen LogP contribution in [0.2, 0.25) is 0 Å². The Balaban J connectivity index is 1.36. The van der Waals surface area contributed by atoms with Crippen molar-refractivity contribution in [1.29, 1.82) is 0 Å². The molecular weight excluding hydrogens is 394 g/mol. The van der Waals surface area contributed by atoms with E-state index >= 15 is 0 Å². The molecule has 4 rings (SSSR count). The van der Waals surface area contributed by atoms with Gasteiger partial charge in [-0.3, -0.25) is 4.79 Å². The molecule has 3 aromatic rings. The Bertz CT molecular complexity index is 961. The highest BCUT2D eigenvalue weighted by atomic mass is 32.1. The second kappa shape index (κ2) is 9.53. The highest BCUT2D eigenvalue weighted by molar-refractivity contribution is 7.13. The Kier molecular flexibility index (Phi) is 6.59. The molecule has 1 saturated carbocycles. The molecule has 1 aliphatic rings. The van der Waals surface area contributed by atoms with Gasteiger partial charge in [-0.05, 0) is 32.0 Å². The number of hydrogen-bond acceptors (Lipinski definition) is 5. The monoisotopic (exact) mass is 423 g/mol.